The Labute approximate surface area is 178 Å². The number of fused-ring (bicyclic) bond motifs is 1. The Morgan fingerprint density at radius 3 is 2.83 bits per heavy atom. The molecule has 0 radical (unpaired) electrons. The molecule has 0 saturated heterocycles. The van der Waals surface area contributed by atoms with Gasteiger partial charge in [-0.05, 0) is 36.8 Å². The molecule has 0 fully saturated rings. The fourth-order valence-corrected chi connectivity index (χ4v) is 4.40. The average molecular weight is 417 g/mol. The molecule has 1 aliphatic rings. The van der Waals surface area contributed by atoms with Crippen molar-refractivity contribution in [2.75, 3.05) is 5.75 Å². The number of hydrogen-bond donors (Lipinski definition) is 0. The fraction of sp³-hybridized carbons (Fsp3) is 0.174. The van der Waals surface area contributed by atoms with Gasteiger partial charge in [0, 0.05) is 12.6 Å². The molecule has 1 unspecified atom stereocenters. The van der Waals surface area contributed by atoms with Gasteiger partial charge in [0.05, 0.1) is 29.4 Å². The van der Waals surface area contributed by atoms with E-state index in [4.69, 9.17) is 4.42 Å². The second kappa shape index (κ2) is 7.84. The summed E-state index contributed by atoms with van der Waals surface area (Å²) in [4.78, 5) is 17.6. The molecule has 1 amide bonds. The van der Waals surface area contributed by atoms with Gasteiger partial charge < -0.3 is 4.42 Å². The molecular formula is C23H20N4O2S. The summed E-state index contributed by atoms with van der Waals surface area (Å²) in [5.41, 5.74) is 4.11. The van der Waals surface area contributed by atoms with E-state index in [9.17, 15) is 4.79 Å². The summed E-state index contributed by atoms with van der Waals surface area (Å²) in [6.45, 7) is 2.05. The van der Waals surface area contributed by atoms with Crippen molar-refractivity contribution < 1.29 is 9.21 Å². The van der Waals surface area contributed by atoms with Gasteiger partial charge in [-0.3, -0.25) is 9.20 Å². The summed E-state index contributed by atoms with van der Waals surface area (Å²) in [5, 5.41) is 7.04. The summed E-state index contributed by atoms with van der Waals surface area (Å²) in [6.07, 6.45) is 6.01. The van der Waals surface area contributed by atoms with E-state index < -0.39 is 0 Å². The van der Waals surface area contributed by atoms with Crippen LogP contribution in [0.2, 0.25) is 0 Å². The van der Waals surface area contributed by atoms with E-state index in [-0.39, 0.29) is 17.7 Å². The highest BCUT2D eigenvalue weighted by Gasteiger charge is 2.34. The third-order valence-corrected chi connectivity index (χ3v) is 6.10. The van der Waals surface area contributed by atoms with E-state index in [0.29, 0.717) is 6.42 Å². The lowest BCUT2D eigenvalue weighted by Gasteiger charge is -2.19. The first kappa shape index (κ1) is 18.7. The summed E-state index contributed by atoms with van der Waals surface area (Å²) < 4.78 is 7.60. The number of aryl methyl sites for hydroxylation is 1. The molecule has 4 heterocycles. The predicted molar refractivity (Wildman–Crippen MR) is 117 cm³/mol. The monoisotopic (exact) mass is 416 g/mol. The van der Waals surface area contributed by atoms with Gasteiger partial charge >= 0.3 is 0 Å². The van der Waals surface area contributed by atoms with Gasteiger partial charge in [0.15, 0.2) is 5.16 Å². The highest BCUT2D eigenvalue weighted by atomic mass is 32.2. The molecule has 1 aromatic carbocycles. The van der Waals surface area contributed by atoms with Crippen molar-refractivity contribution in [1.82, 2.24) is 14.4 Å². The van der Waals surface area contributed by atoms with Crippen LogP contribution in [0, 0.1) is 6.92 Å². The van der Waals surface area contributed by atoms with Crippen LogP contribution in [0.5, 0.6) is 0 Å². The van der Waals surface area contributed by atoms with Crippen LogP contribution >= 0.6 is 11.8 Å². The number of pyridine rings is 1. The maximum absolute atomic E-state index is 13.1. The quantitative estimate of drug-likeness (QED) is 0.442. The Kier molecular flexibility index (Phi) is 4.88. The van der Waals surface area contributed by atoms with Crippen LogP contribution in [0.3, 0.4) is 0 Å². The third kappa shape index (κ3) is 3.52. The number of thioether (sulfide) groups is 1. The minimum Gasteiger partial charge on any atom is -0.467 e. The first-order chi connectivity index (χ1) is 14.7. The Morgan fingerprint density at radius 1 is 1.17 bits per heavy atom. The average Bonchev–Trinajstić information content (AvgIpc) is 3.51. The van der Waals surface area contributed by atoms with Crippen LogP contribution in [0.25, 0.3) is 5.52 Å². The van der Waals surface area contributed by atoms with Crippen molar-refractivity contribution in [2.24, 2.45) is 5.10 Å². The number of aromatic nitrogens is 2. The standard InChI is InChI=1S/C23H20N4O2S/c1-16-7-9-17(10-8-16)19-13-20(21-6-4-12-29-21)27(25-19)22(28)15-30-23-24-14-18-5-2-3-11-26(18)23/h2-12,14,20H,13,15H2,1H3. The van der Waals surface area contributed by atoms with Crippen molar-refractivity contribution >= 4 is 28.9 Å². The van der Waals surface area contributed by atoms with Crippen molar-refractivity contribution in [1.29, 1.82) is 0 Å². The fourth-order valence-electron chi connectivity index (χ4n) is 3.58. The van der Waals surface area contributed by atoms with Crippen molar-refractivity contribution in [3.05, 3.63) is 90.1 Å². The molecule has 150 valence electrons. The molecule has 4 aromatic rings. The number of amides is 1. The number of carbonyl (C=O) groups is 1. The number of benzene rings is 1. The summed E-state index contributed by atoms with van der Waals surface area (Å²) in [5.74, 6) is 0.914. The van der Waals surface area contributed by atoms with Crippen molar-refractivity contribution in [3.63, 3.8) is 0 Å². The lowest BCUT2D eigenvalue weighted by Crippen LogP contribution is -2.28. The van der Waals surface area contributed by atoms with E-state index in [1.807, 2.05) is 59.3 Å². The van der Waals surface area contributed by atoms with Gasteiger partial charge in [0.1, 0.15) is 11.8 Å². The Bertz CT molecular complexity index is 1210. The van der Waals surface area contributed by atoms with E-state index in [2.05, 4.69) is 29.1 Å². The molecule has 5 rings (SSSR count). The van der Waals surface area contributed by atoms with Gasteiger partial charge in [-0.2, -0.15) is 5.10 Å². The Hall–Kier alpha value is -3.32. The molecular weight excluding hydrogens is 396 g/mol. The molecule has 1 aliphatic heterocycles. The number of carbonyl (C=O) groups excluding carboxylic acids is 1. The van der Waals surface area contributed by atoms with Crippen LogP contribution in [0.1, 0.15) is 29.3 Å². The highest BCUT2D eigenvalue weighted by Crippen LogP contribution is 2.34. The maximum atomic E-state index is 13.1. The first-order valence-corrected chi connectivity index (χ1v) is 10.7. The molecule has 0 saturated carbocycles. The normalized spacial score (nSPS) is 16.2. The van der Waals surface area contributed by atoms with Gasteiger partial charge in [-0.15, -0.1) is 0 Å². The SMILES string of the molecule is Cc1ccc(C2=NN(C(=O)CSc3ncc4ccccn34)C(c3ccco3)C2)cc1. The summed E-state index contributed by atoms with van der Waals surface area (Å²) in [7, 11) is 0. The summed E-state index contributed by atoms with van der Waals surface area (Å²) >= 11 is 1.41. The number of furan rings is 1. The number of rotatable bonds is 5. The predicted octanol–water partition coefficient (Wildman–Crippen LogP) is 4.71. The van der Waals surface area contributed by atoms with Crippen LogP contribution in [0.4, 0.5) is 0 Å². The smallest absolute Gasteiger partial charge is 0.253 e. The second-order valence-electron chi connectivity index (χ2n) is 7.21. The number of hydrogen-bond acceptors (Lipinski definition) is 5. The molecule has 0 spiro atoms. The molecule has 3 aromatic heterocycles. The van der Waals surface area contributed by atoms with Crippen LogP contribution < -0.4 is 0 Å². The zero-order chi connectivity index (χ0) is 20.5. The summed E-state index contributed by atoms with van der Waals surface area (Å²) in [6, 6.07) is 17.6. The number of nitrogens with zero attached hydrogens (tertiary/aromatic N) is 4. The highest BCUT2D eigenvalue weighted by molar-refractivity contribution is 7.99. The molecule has 0 N–H and O–H groups in total. The first-order valence-electron chi connectivity index (χ1n) is 9.74. The third-order valence-electron chi connectivity index (χ3n) is 5.15. The number of imidazole rings is 1. The van der Waals surface area contributed by atoms with Crippen molar-refractivity contribution in [3.8, 4) is 0 Å². The van der Waals surface area contributed by atoms with Crippen LogP contribution in [-0.2, 0) is 4.79 Å². The van der Waals surface area contributed by atoms with Gasteiger partial charge in [-0.25, -0.2) is 9.99 Å². The Balaban J connectivity index is 1.38. The zero-order valence-corrected chi connectivity index (χ0v) is 17.2. The topological polar surface area (TPSA) is 63.1 Å². The molecule has 1 atom stereocenters. The Morgan fingerprint density at radius 2 is 2.03 bits per heavy atom. The minimum atomic E-state index is -0.235. The van der Waals surface area contributed by atoms with Crippen molar-refractivity contribution in [2.45, 2.75) is 24.5 Å². The van der Waals surface area contributed by atoms with Crippen LogP contribution in [-0.4, -0.2) is 31.8 Å². The lowest BCUT2D eigenvalue weighted by molar-refractivity contribution is -0.130. The van der Waals surface area contributed by atoms with Gasteiger partial charge in [0.25, 0.3) is 5.91 Å². The van der Waals surface area contributed by atoms with E-state index >= 15 is 0 Å². The molecule has 7 heteroatoms. The van der Waals surface area contributed by atoms with E-state index in [1.54, 1.807) is 11.3 Å². The van der Waals surface area contributed by atoms with E-state index in [1.165, 1.54) is 17.3 Å². The minimum absolute atomic E-state index is 0.0730. The van der Waals surface area contributed by atoms with Gasteiger partial charge in [0.2, 0.25) is 0 Å². The zero-order valence-electron chi connectivity index (χ0n) is 16.4. The maximum Gasteiger partial charge on any atom is 0.253 e. The molecule has 0 aliphatic carbocycles. The molecule has 0 bridgehead atoms. The number of hydrazone groups is 1. The van der Waals surface area contributed by atoms with E-state index in [0.717, 1.165) is 27.7 Å². The molecule has 6 nitrogen and oxygen atoms in total. The largest absolute Gasteiger partial charge is 0.467 e. The lowest BCUT2D eigenvalue weighted by atomic mass is 10.0. The molecule has 30 heavy (non-hydrogen) atoms. The second-order valence-corrected chi connectivity index (χ2v) is 8.15. The van der Waals surface area contributed by atoms with Crippen LogP contribution in [0.15, 0.2) is 87.9 Å². The van der Waals surface area contributed by atoms with Gasteiger partial charge in [-0.1, -0.05) is 47.7 Å².